The van der Waals surface area contributed by atoms with Crippen LogP contribution >= 0.6 is 0 Å². The Morgan fingerprint density at radius 2 is 0.929 bits per heavy atom. The van der Waals surface area contributed by atoms with Crippen LogP contribution in [0.2, 0.25) is 0 Å². The second kappa shape index (κ2) is 13.1. The molecule has 0 unspecified atom stereocenters. The van der Waals surface area contributed by atoms with Gasteiger partial charge < -0.3 is 8.98 Å². The Labute approximate surface area is 323 Å². The summed E-state index contributed by atoms with van der Waals surface area (Å²) in [6, 6.07) is 70.3. The molecule has 0 fully saturated rings. The number of benzene rings is 8. The van der Waals surface area contributed by atoms with Gasteiger partial charge in [-0.05, 0) is 58.7 Å². The standard InChI is InChI=1S/C52H33N3O/c1-4-16-34(17-5-1)36-20-12-23-39(32-36)47-51-48(54-52(53-47)35-18-6-2-7-19-35)45-30-15-28-42(50(45)56-51)38-22-13-21-37(33-38)41-27-14-29-44-43-26-10-11-31-46(43)55(49(41)44)40-24-8-3-9-25-40/h1-33H. The summed E-state index contributed by atoms with van der Waals surface area (Å²) < 4.78 is 9.36. The zero-order valence-corrected chi connectivity index (χ0v) is 30.3. The molecule has 56 heavy (non-hydrogen) atoms. The molecule has 0 saturated heterocycles. The third-order valence-electron chi connectivity index (χ3n) is 10.8. The zero-order chi connectivity index (χ0) is 37.0. The molecule has 0 N–H and O–H groups in total. The van der Waals surface area contributed by atoms with Gasteiger partial charge in [0, 0.05) is 44.1 Å². The van der Waals surface area contributed by atoms with Crippen molar-refractivity contribution in [1.82, 2.24) is 14.5 Å². The fourth-order valence-electron chi connectivity index (χ4n) is 8.23. The number of aromatic nitrogens is 3. The summed E-state index contributed by atoms with van der Waals surface area (Å²) >= 11 is 0. The molecule has 3 heterocycles. The van der Waals surface area contributed by atoms with Crippen molar-refractivity contribution in [1.29, 1.82) is 0 Å². The van der Waals surface area contributed by atoms with Crippen LogP contribution in [-0.4, -0.2) is 14.5 Å². The average molecular weight is 716 g/mol. The van der Waals surface area contributed by atoms with Crippen molar-refractivity contribution in [2.24, 2.45) is 0 Å². The van der Waals surface area contributed by atoms with Crippen molar-refractivity contribution in [3.05, 3.63) is 200 Å². The normalized spacial score (nSPS) is 11.6. The van der Waals surface area contributed by atoms with E-state index in [9.17, 15) is 0 Å². The highest BCUT2D eigenvalue weighted by atomic mass is 16.3. The first-order chi connectivity index (χ1) is 27.8. The Morgan fingerprint density at radius 1 is 0.375 bits per heavy atom. The van der Waals surface area contributed by atoms with Gasteiger partial charge in [-0.15, -0.1) is 0 Å². The van der Waals surface area contributed by atoms with Gasteiger partial charge in [0.25, 0.3) is 0 Å². The van der Waals surface area contributed by atoms with Gasteiger partial charge in [0.05, 0.1) is 11.0 Å². The first kappa shape index (κ1) is 31.9. The maximum absolute atomic E-state index is 6.96. The fraction of sp³-hybridized carbons (Fsp3) is 0. The SMILES string of the molecule is c1ccc(-c2cccc(-c3nc(-c4ccccc4)nc4c3oc3c(-c5cccc(-c6cccc7c8ccccc8n(-c8ccccc8)c67)c5)cccc34)c2)cc1. The van der Waals surface area contributed by atoms with Gasteiger partial charge in [-0.2, -0.15) is 0 Å². The van der Waals surface area contributed by atoms with E-state index in [0.29, 0.717) is 11.4 Å². The van der Waals surface area contributed by atoms with E-state index in [-0.39, 0.29) is 0 Å². The molecule has 0 atom stereocenters. The van der Waals surface area contributed by atoms with E-state index in [1.807, 2.05) is 24.3 Å². The topological polar surface area (TPSA) is 43.9 Å². The lowest BCUT2D eigenvalue weighted by atomic mass is 9.96. The number of fused-ring (bicyclic) bond motifs is 6. The Morgan fingerprint density at radius 3 is 1.71 bits per heavy atom. The van der Waals surface area contributed by atoms with Gasteiger partial charge in [0.2, 0.25) is 0 Å². The maximum atomic E-state index is 6.96. The summed E-state index contributed by atoms with van der Waals surface area (Å²) in [5.74, 6) is 0.662. The smallest absolute Gasteiger partial charge is 0.180 e. The molecule has 4 nitrogen and oxygen atoms in total. The van der Waals surface area contributed by atoms with E-state index in [2.05, 4.69) is 180 Å². The summed E-state index contributed by atoms with van der Waals surface area (Å²) in [4.78, 5) is 10.4. The van der Waals surface area contributed by atoms with Crippen LogP contribution in [0.25, 0.3) is 106 Å². The van der Waals surface area contributed by atoms with Crippen molar-refractivity contribution in [3.63, 3.8) is 0 Å². The molecule has 0 saturated carbocycles. The number of furan rings is 1. The molecular formula is C52H33N3O. The summed E-state index contributed by atoms with van der Waals surface area (Å²) in [5.41, 5.74) is 15.1. The van der Waals surface area contributed by atoms with Crippen LogP contribution in [0.3, 0.4) is 0 Å². The van der Waals surface area contributed by atoms with Gasteiger partial charge in [0.1, 0.15) is 16.8 Å². The highest BCUT2D eigenvalue weighted by Crippen LogP contribution is 2.42. The predicted octanol–water partition coefficient (Wildman–Crippen LogP) is 13.8. The number of para-hydroxylation sites is 4. The van der Waals surface area contributed by atoms with Crippen LogP contribution in [0.5, 0.6) is 0 Å². The zero-order valence-electron chi connectivity index (χ0n) is 30.3. The highest BCUT2D eigenvalue weighted by molar-refractivity contribution is 6.14. The van der Waals surface area contributed by atoms with E-state index in [1.165, 1.54) is 27.4 Å². The van der Waals surface area contributed by atoms with E-state index < -0.39 is 0 Å². The number of hydrogen-bond donors (Lipinski definition) is 0. The van der Waals surface area contributed by atoms with Crippen LogP contribution < -0.4 is 0 Å². The third-order valence-corrected chi connectivity index (χ3v) is 10.8. The van der Waals surface area contributed by atoms with Gasteiger partial charge >= 0.3 is 0 Å². The second-order valence-electron chi connectivity index (χ2n) is 14.1. The Balaban J connectivity index is 1.12. The van der Waals surface area contributed by atoms with Gasteiger partial charge in [-0.1, -0.05) is 164 Å². The Hall–Kier alpha value is -7.56. The van der Waals surface area contributed by atoms with Crippen LogP contribution in [-0.2, 0) is 0 Å². The Kier molecular flexibility index (Phi) is 7.46. The first-order valence-corrected chi connectivity index (χ1v) is 18.9. The molecule has 4 heteroatoms. The molecular weight excluding hydrogens is 683 g/mol. The van der Waals surface area contributed by atoms with Crippen molar-refractivity contribution in [3.8, 4) is 61.7 Å². The minimum absolute atomic E-state index is 0.662. The van der Waals surface area contributed by atoms with Crippen molar-refractivity contribution >= 4 is 43.9 Å². The summed E-state index contributed by atoms with van der Waals surface area (Å²) in [7, 11) is 0. The number of nitrogens with zero attached hydrogens (tertiary/aromatic N) is 3. The molecule has 0 amide bonds. The van der Waals surface area contributed by atoms with Gasteiger partial charge in [0.15, 0.2) is 11.4 Å². The molecule has 0 radical (unpaired) electrons. The number of hydrogen-bond acceptors (Lipinski definition) is 3. The lowest BCUT2D eigenvalue weighted by Gasteiger charge is -2.12. The lowest BCUT2D eigenvalue weighted by molar-refractivity contribution is 0.668. The van der Waals surface area contributed by atoms with Crippen LogP contribution in [0, 0.1) is 0 Å². The van der Waals surface area contributed by atoms with Crippen molar-refractivity contribution in [2.75, 3.05) is 0 Å². The molecule has 0 aliphatic carbocycles. The summed E-state index contributed by atoms with van der Waals surface area (Å²) in [5, 5.41) is 3.41. The van der Waals surface area contributed by atoms with E-state index in [1.54, 1.807) is 0 Å². The molecule has 0 spiro atoms. The minimum atomic E-state index is 0.662. The molecule has 11 rings (SSSR count). The third kappa shape index (κ3) is 5.23. The van der Waals surface area contributed by atoms with Crippen LogP contribution in [0.15, 0.2) is 205 Å². The monoisotopic (exact) mass is 715 g/mol. The van der Waals surface area contributed by atoms with Crippen molar-refractivity contribution < 1.29 is 4.42 Å². The van der Waals surface area contributed by atoms with Gasteiger partial charge in [-0.3, -0.25) is 0 Å². The molecule has 0 aliphatic heterocycles. The van der Waals surface area contributed by atoms with Crippen molar-refractivity contribution in [2.45, 2.75) is 0 Å². The molecule has 0 bridgehead atoms. The maximum Gasteiger partial charge on any atom is 0.180 e. The predicted molar refractivity (Wildman–Crippen MR) is 231 cm³/mol. The van der Waals surface area contributed by atoms with Crippen LogP contribution in [0.1, 0.15) is 0 Å². The second-order valence-corrected chi connectivity index (χ2v) is 14.1. The quantitative estimate of drug-likeness (QED) is 0.172. The van der Waals surface area contributed by atoms with Crippen LogP contribution in [0.4, 0.5) is 0 Å². The average Bonchev–Trinajstić information content (AvgIpc) is 3.83. The summed E-state index contributed by atoms with van der Waals surface area (Å²) in [6.45, 7) is 0. The number of rotatable bonds is 6. The van der Waals surface area contributed by atoms with E-state index >= 15 is 0 Å². The molecule has 11 aromatic rings. The molecule has 0 aliphatic rings. The minimum Gasteiger partial charge on any atom is -0.451 e. The highest BCUT2D eigenvalue weighted by Gasteiger charge is 2.22. The van der Waals surface area contributed by atoms with E-state index in [0.717, 1.165) is 66.8 Å². The summed E-state index contributed by atoms with van der Waals surface area (Å²) in [6.07, 6.45) is 0. The molecule has 262 valence electrons. The molecule has 8 aromatic carbocycles. The van der Waals surface area contributed by atoms with E-state index in [4.69, 9.17) is 14.4 Å². The molecule has 3 aromatic heterocycles. The lowest BCUT2D eigenvalue weighted by Crippen LogP contribution is -1.95. The fourth-order valence-corrected chi connectivity index (χ4v) is 8.23. The van der Waals surface area contributed by atoms with Gasteiger partial charge in [-0.25, -0.2) is 9.97 Å². The largest absolute Gasteiger partial charge is 0.451 e. The first-order valence-electron chi connectivity index (χ1n) is 18.9. The Bertz CT molecular complexity index is 3240.